The first-order chi connectivity index (χ1) is 13.4. The van der Waals surface area contributed by atoms with E-state index in [1.165, 1.54) is 30.0 Å². The second-order valence-corrected chi connectivity index (χ2v) is 9.51. The summed E-state index contributed by atoms with van der Waals surface area (Å²) in [5, 5.41) is 2.92. The summed E-state index contributed by atoms with van der Waals surface area (Å²) in [7, 11) is -3.49. The van der Waals surface area contributed by atoms with E-state index >= 15 is 0 Å². The Morgan fingerprint density at radius 3 is 2.82 bits per heavy atom. The number of para-hydroxylation sites is 2. The van der Waals surface area contributed by atoms with Crippen molar-refractivity contribution in [2.24, 2.45) is 0 Å². The normalized spacial score (nSPS) is 23.0. The minimum absolute atomic E-state index is 0.00822. The number of fused-ring (bicyclic) bond motifs is 1. The molecule has 8 heteroatoms. The Kier molecular flexibility index (Phi) is 6.82. The fourth-order valence-corrected chi connectivity index (χ4v) is 4.99. The van der Waals surface area contributed by atoms with Crippen molar-refractivity contribution in [2.45, 2.75) is 51.2 Å². The van der Waals surface area contributed by atoms with Gasteiger partial charge in [-0.15, -0.1) is 0 Å². The Labute approximate surface area is 168 Å². The first-order valence-corrected chi connectivity index (χ1v) is 12.0. The van der Waals surface area contributed by atoms with E-state index in [-0.39, 0.29) is 12.5 Å². The molecule has 2 heterocycles. The molecule has 1 N–H and O–H groups in total. The van der Waals surface area contributed by atoms with Crippen LogP contribution >= 0.6 is 0 Å². The molecule has 0 bridgehead atoms. The summed E-state index contributed by atoms with van der Waals surface area (Å²) < 4.78 is 31.3. The SMILES string of the molecule is CC[C@H]1CCCCN1CCCNC(=O)[C@H]1CN(S(C)(=O)=O)c2ccccc2O1. The molecule has 3 rings (SSSR count). The van der Waals surface area contributed by atoms with Crippen LogP contribution in [0.25, 0.3) is 0 Å². The van der Waals surface area contributed by atoms with Crippen LogP contribution in [0.2, 0.25) is 0 Å². The topological polar surface area (TPSA) is 79.0 Å². The zero-order valence-electron chi connectivity index (χ0n) is 16.8. The Morgan fingerprint density at radius 1 is 1.29 bits per heavy atom. The lowest BCUT2D eigenvalue weighted by molar-refractivity contribution is -0.127. The van der Waals surface area contributed by atoms with Crippen LogP contribution in [0.4, 0.5) is 5.69 Å². The number of ether oxygens (including phenoxy) is 1. The van der Waals surface area contributed by atoms with Gasteiger partial charge < -0.3 is 15.0 Å². The third kappa shape index (κ3) is 4.97. The molecule has 28 heavy (non-hydrogen) atoms. The second kappa shape index (κ2) is 9.13. The molecule has 1 aromatic rings. The number of rotatable bonds is 7. The third-order valence-corrected chi connectivity index (χ3v) is 6.72. The van der Waals surface area contributed by atoms with Gasteiger partial charge >= 0.3 is 0 Å². The summed E-state index contributed by atoms with van der Waals surface area (Å²) >= 11 is 0. The first-order valence-electron chi connectivity index (χ1n) is 10.2. The van der Waals surface area contributed by atoms with Gasteiger partial charge in [0, 0.05) is 19.1 Å². The van der Waals surface area contributed by atoms with Crippen LogP contribution in [0.3, 0.4) is 0 Å². The van der Waals surface area contributed by atoms with Gasteiger partial charge in [0.2, 0.25) is 10.0 Å². The minimum Gasteiger partial charge on any atom is -0.476 e. The van der Waals surface area contributed by atoms with Crippen LogP contribution in [0.15, 0.2) is 24.3 Å². The summed E-state index contributed by atoms with van der Waals surface area (Å²) in [5.74, 6) is 0.146. The Balaban J connectivity index is 1.53. The van der Waals surface area contributed by atoms with Crippen molar-refractivity contribution in [2.75, 3.05) is 36.7 Å². The molecule has 7 nitrogen and oxygen atoms in total. The number of nitrogens with zero attached hydrogens (tertiary/aromatic N) is 2. The van der Waals surface area contributed by atoms with Gasteiger partial charge in [0.15, 0.2) is 6.10 Å². The van der Waals surface area contributed by atoms with E-state index < -0.39 is 16.1 Å². The predicted molar refractivity (Wildman–Crippen MR) is 110 cm³/mol. The summed E-state index contributed by atoms with van der Waals surface area (Å²) in [5.41, 5.74) is 0.477. The highest BCUT2D eigenvalue weighted by molar-refractivity contribution is 7.92. The first kappa shape index (κ1) is 20.9. The van der Waals surface area contributed by atoms with E-state index in [4.69, 9.17) is 4.74 Å². The molecular formula is C20H31N3O4S. The molecule has 2 atom stereocenters. The lowest BCUT2D eigenvalue weighted by Crippen LogP contribution is -2.50. The maximum absolute atomic E-state index is 12.6. The molecule has 156 valence electrons. The molecule has 0 unspecified atom stereocenters. The quantitative estimate of drug-likeness (QED) is 0.697. The van der Waals surface area contributed by atoms with E-state index in [1.807, 2.05) is 0 Å². The van der Waals surface area contributed by atoms with Crippen molar-refractivity contribution in [3.05, 3.63) is 24.3 Å². The molecule has 0 radical (unpaired) electrons. The number of benzene rings is 1. The molecule has 0 aromatic heterocycles. The lowest BCUT2D eigenvalue weighted by Gasteiger charge is -2.35. The molecule has 1 saturated heterocycles. The number of carbonyl (C=O) groups excluding carboxylic acids is 1. The molecule has 2 aliphatic heterocycles. The van der Waals surface area contributed by atoms with Gasteiger partial charge in [-0.25, -0.2) is 8.42 Å². The number of nitrogens with one attached hydrogen (secondary N) is 1. The number of hydrogen-bond donors (Lipinski definition) is 1. The van der Waals surface area contributed by atoms with E-state index in [2.05, 4.69) is 17.1 Å². The Hall–Kier alpha value is -1.80. The van der Waals surface area contributed by atoms with Crippen molar-refractivity contribution in [1.29, 1.82) is 0 Å². The van der Waals surface area contributed by atoms with Crippen molar-refractivity contribution in [1.82, 2.24) is 10.2 Å². The van der Waals surface area contributed by atoms with Crippen molar-refractivity contribution < 1.29 is 17.9 Å². The van der Waals surface area contributed by atoms with Crippen molar-refractivity contribution in [3.8, 4) is 5.75 Å². The van der Waals surface area contributed by atoms with Gasteiger partial charge in [-0.05, 0) is 44.4 Å². The summed E-state index contributed by atoms with van der Waals surface area (Å²) in [6, 6.07) is 7.56. The molecule has 1 amide bonds. The van der Waals surface area contributed by atoms with Gasteiger partial charge in [0.05, 0.1) is 18.5 Å². The van der Waals surface area contributed by atoms with E-state index in [0.717, 1.165) is 25.8 Å². The standard InChI is InChI=1S/C20H31N3O4S/c1-3-16-9-6-7-13-22(16)14-8-12-21-20(24)19-15-23(28(2,25)26)17-10-4-5-11-18(17)27-19/h4-5,10-11,16,19H,3,6-9,12-15H2,1-2H3,(H,21,24)/t16-,19+/m0/s1. The van der Waals surface area contributed by atoms with Crippen LogP contribution in [-0.2, 0) is 14.8 Å². The van der Waals surface area contributed by atoms with Gasteiger partial charge in [0.25, 0.3) is 5.91 Å². The van der Waals surface area contributed by atoms with Crippen LogP contribution in [0.1, 0.15) is 39.0 Å². The number of likely N-dealkylation sites (tertiary alicyclic amines) is 1. The van der Waals surface area contributed by atoms with Gasteiger partial charge in [-0.2, -0.15) is 0 Å². The predicted octanol–water partition coefficient (Wildman–Crippen LogP) is 1.98. The number of hydrogen-bond acceptors (Lipinski definition) is 5. The highest BCUT2D eigenvalue weighted by atomic mass is 32.2. The molecule has 0 saturated carbocycles. The van der Waals surface area contributed by atoms with Crippen molar-refractivity contribution >= 4 is 21.6 Å². The maximum Gasteiger partial charge on any atom is 0.263 e. The highest BCUT2D eigenvalue weighted by Gasteiger charge is 2.34. The Morgan fingerprint density at radius 2 is 2.07 bits per heavy atom. The fourth-order valence-electron chi connectivity index (χ4n) is 4.08. The summed E-state index contributed by atoms with van der Waals surface area (Å²) in [4.78, 5) is 15.1. The smallest absolute Gasteiger partial charge is 0.263 e. The summed E-state index contributed by atoms with van der Waals surface area (Å²) in [6.07, 6.45) is 6.17. The van der Waals surface area contributed by atoms with Crippen LogP contribution in [-0.4, -0.2) is 63.8 Å². The largest absolute Gasteiger partial charge is 0.476 e. The second-order valence-electron chi connectivity index (χ2n) is 7.61. The average Bonchev–Trinajstić information content (AvgIpc) is 2.69. The highest BCUT2D eigenvalue weighted by Crippen LogP contribution is 2.34. The number of piperidine rings is 1. The molecule has 1 aromatic carbocycles. The number of anilines is 1. The van der Waals surface area contributed by atoms with Crippen molar-refractivity contribution in [3.63, 3.8) is 0 Å². The summed E-state index contributed by atoms with van der Waals surface area (Å²) in [6.45, 7) is 4.90. The monoisotopic (exact) mass is 409 g/mol. The van der Waals surface area contributed by atoms with E-state index in [0.29, 0.717) is 24.0 Å². The van der Waals surface area contributed by atoms with Gasteiger partial charge in [-0.3, -0.25) is 9.10 Å². The Bertz CT molecular complexity index is 783. The number of amides is 1. The van der Waals surface area contributed by atoms with Crippen LogP contribution in [0, 0.1) is 0 Å². The zero-order chi connectivity index (χ0) is 20.1. The van der Waals surface area contributed by atoms with Crippen LogP contribution < -0.4 is 14.4 Å². The van der Waals surface area contributed by atoms with E-state index in [9.17, 15) is 13.2 Å². The maximum atomic E-state index is 12.6. The van der Waals surface area contributed by atoms with Gasteiger partial charge in [0.1, 0.15) is 5.75 Å². The number of sulfonamides is 1. The van der Waals surface area contributed by atoms with E-state index in [1.54, 1.807) is 24.3 Å². The average molecular weight is 410 g/mol. The molecule has 2 aliphatic rings. The molecule has 1 fully saturated rings. The van der Waals surface area contributed by atoms with Gasteiger partial charge in [-0.1, -0.05) is 25.5 Å². The lowest BCUT2D eigenvalue weighted by atomic mass is 10.00. The zero-order valence-corrected chi connectivity index (χ0v) is 17.6. The molecular weight excluding hydrogens is 378 g/mol. The number of carbonyl (C=O) groups is 1. The fraction of sp³-hybridized carbons (Fsp3) is 0.650. The molecule has 0 aliphatic carbocycles. The van der Waals surface area contributed by atoms with Crippen LogP contribution in [0.5, 0.6) is 5.75 Å². The molecule has 0 spiro atoms. The minimum atomic E-state index is -3.49. The third-order valence-electron chi connectivity index (χ3n) is 5.57.